The molecule has 11 atom stereocenters. The maximum Gasteiger partial charge on any atom is 0.325 e. The number of hydrogen-bond donors (Lipinski definition) is 13. The number of aromatic amines is 1. The van der Waals surface area contributed by atoms with Gasteiger partial charge in [-0.1, -0.05) is 94.4 Å². The van der Waals surface area contributed by atoms with Gasteiger partial charge < -0.3 is 68.8 Å². The number of para-hydroxylation sites is 1. The van der Waals surface area contributed by atoms with Crippen molar-refractivity contribution in [2.24, 2.45) is 41.2 Å². The summed E-state index contributed by atoms with van der Waals surface area (Å²) < 4.78 is 0. The van der Waals surface area contributed by atoms with E-state index in [9.17, 15) is 58.2 Å². The molecule has 11 unspecified atom stereocenters. The molecule has 14 N–H and O–H groups in total. The Labute approximate surface area is 446 Å². The summed E-state index contributed by atoms with van der Waals surface area (Å²) >= 11 is 0. The Bertz CT molecular complexity index is 2320. The van der Waals surface area contributed by atoms with Crippen molar-refractivity contribution in [1.29, 1.82) is 0 Å². The fourth-order valence-corrected chi connectivity index (χ4v) is 8.05. The van der Waals surface area contributed by atoms with E-state index in [0.29, 0.717) is 0 Å². The highest BCUT2D eigenvalue weighted by molar-refractivity contribution is 5.97. The number of nitrogens with one attached hydrogen (secondary N) is 10. The van der Waals surface area contributed by atoms with Gasteiger partial charge in [-0.15, -0.1) is 0 Å². The third-order valence-electron chi connectivity index (χ3n) is 12.5. The number of H-pyrrole nitrogens is 1. The Hall–Kier alpha value is -6.62. The standard InChI is InChI=1S/C53H87N11O12/c1-25(2)19-38(47(69)57-31(12)45(67)62-41(28(7)8)51(73)58-32(13)53(75)76)61-48(70)39(20-26(3)4)59-44(66)30(11)23-56-50(72)43(33(14)65)64-52(74)42(29(9)10)63-49(71)40(21-27(5)6)60-46(68)36(54)22-34-24-55-37-18-16-15-17-35(34)37/h15-18,24-33,36,38-43,55,65H,19-23,54H2,1-14H3,(H,56,72)(H,57,69)(H,58,73)(H,59,66)(H,60,68)(H,61,70)(H,62,67)(H,63,71)(H,64,74)(H,75,76). The Kier molecular flexibility index (Phi) is 26.6. The molecule has 76 heavy (non-hydrogen) atoms. The lowest BCUT2D eigenvalue weighted by atomic mass is 9.98. The number of aliphatic carboxylic acids is 1. The van der Waals surface area contributed by atoms with Crippen LogP contribution in [-0.2, 0) is 54.4 Å². The van der Waals surface area contributed by atoms with E-state index in [0.717, 1.165) is 16.5 Å². The maximum atomic E-state index is 13.9. The Balaban J connectivity index is 2.12. The Morgan fingerprint density at radius 3 is 1.41 bits per heavy atom. The lowest BCUT2D eigenvalue weighted by Gasteiger charge is -2.29. The number of carbonyl (C=O) groups excluding carboxylic acids is 9. The van der Waals surface area contributed by atoms with Crippen LogP contribution in [0.3, 0.4) is 0 Å². The van der Waals surface area contributed by atoms with Crippen LogP contribution in [0.25, 0.3) is 10.9 Å². The summed E-state index contributed by atoms with van der Waals surface area (Å²) in [6.07, 6.45) is 1.06. The van der Waals surface area contributed by atoms with E-state index in [1.54, 1.807) is 33.9 Å². The zero-order valence-electron chi connectivity index (χ0n) is 46.7. The quantitative estimate of drug-likeness (QED) is 0.0493. The van der Waals surface area contributed by atoms with Gasteiger partial charge in [0.25, 0.3) is 0 Å². The molecule has 0 aliphatic heterocycles. The number of carbonyl (C=O) groups is 10. The van der Waals surface area contributed by atoms with Gasteiger partial charge in [-0.05, 0) is 87.7 Å². The molecule has 1 aromatic heterocycles. The van der Waals surface area contributed by atoms with E-state index in [2.05, 4.69) is 52.8 Å². The molecular weight excluding hydrogens is 983 g/mol. The second-order valence-corrected chi connectivity index (χ2v) is 21.9. The van der Waals surface area contributed by atoms with E-state index >= 15 is 0 Å². The first-order valence-electron chi connectivity index (χ1n) is 26.3. The van der Waals surface area contributed by atoms with Gasteiger partial charge in [0.1, 0.15) is 48.3 Å². The lowest BCUT2D eigenvalue weighted by Crippen LogP contribution is -2.61. The van der Waals surface area contributed by atoms with Crippen LogP contribution in [0.1, 0.15) is 122 Å². The summed E-state index contributed by atoms with van der Waals surface area (Å²) in [5.74, 6) is -9.81. The van der Waals surface area contributed by atoms with E-state index in [4.69, 9.17) is 5.73 Å². The lowest BCUT2D eigenvalue weighted by molar-refractivity contribution is -0.142. The molecule has 0 aliphatic carbocycles. The van der Waals surface area contributed by atoms with E-state index in [-0.39, 0.29) is 50.0 Å². The molecule has 0 saturated heterocycles. The zero-order valence-corrected chi connectivity index (χ0v) is 46.7. The van der Waals surface area contributed by atoms with Crippen LogP contribution in [0.15, 0.2) is 30.5 Å². The van der Waals surface area contributed by atoms with Crippen molar-refractivity contribution in [3.63, 3.8) is 0 Å². The van der Waals surface area contributed by atoms with Crippen molar-refractivity contribution in [3.8, 4) is 0 Å². The molecule has 0 spiro atoms. The summed E-state index contributed by atoms with van der Waals surface area (Å²) in [6.45, 7) is 22.8. The van der Waals surface area contributed by atoms with E-state index in [1.807, 2.05) is 65.8 Å². The molecular formula is C53H87N11O12. The number of rotatable bonds is 31. The van der Waals surface area contributed by atoms with Crippen LogP contribution in [0.5, 0.6) is 0 Å². The summed E-state index contributed by atoms with van der Waals surface area (Å²) in [6, 6.07) is -3.04. The predicted molar refractivity (Wildman–Crippen MR) is 286 cm³/mol. The summed E-state index contributed by atoms with van der Waals surface area (Å²) in [7, 11) is 0. The molecule has 2 aromatic rings. The van der Waals surface area contributed by atoms with Crippen LogP contribution in [0, 0.1) is 35.5 Å². The van der Waals surface area contributed by atoms with Crippen molar-refractivity contribution >= 4 is 70.0 Å². The number of carboxylic acid groups (broad SMARTS) is 1. The summed E-state index contributed by atoms with van der Waals surface area (Å²) in [5, 5.41) is 44.2. The van der Waals surface area contributed by atoms with Crippen LogP contribution in [0.2, 0.25) is 0 Å². The summed E-state index contributed by atoms with van der Waals surface area (Å²) in [5.41, 5.74) is 8.05. The van der Waals surface area contributed by atoms with Crippen LogP contribution >= 0.6 is 0 Å². The van der Waals surface area contributed by atoms with Crippen molar-refractivity contribution < 1.29 is 58.2 Å². The minimum atomic E-state index is -1.53. The predicted octanol–water partition coefficient (Wildman–Crippen LogP) is 0.624. The maximum absolute atomic E-state index is 13.9. The summed E-state index contributed by atoms with van der Waals surface area (Å²) in [4.78, 5) is 136. The molecule has 1 aromatic carbocycles. The third-order valence-corrected chi connectivity index (χ3v) is 12.5. The molecule has 426 valence electrons. The van der Waals surface area contributed by atoms with Gasteiger partial charge in [0, 0.05) is 23.6 Å². The average Bonchev–Trinajstić information content (AvgIpc) is 3.73. The van der Waals surface area contributed by atoms with Gasteiger partial charge in [-0.25, -0.2) is 0 Å². The molecule has 2 rings (SSSR count). The first-order chi connectivity index (χ1) is 35.3. The molecule has 23 nitrogen and oxygen atoms in total. The number of benzene rings is 1. The fourth-order valence-electron chi connectivity index (χ4n) is 8.05. The molecule has 0 fully saturated rings. The number of aromatic nitrogens is 1. The highest BCUT2D eigenvalue weighted by atomic mass is 16.4. The minimum absolute atomic E-state index is 0.0512. The largest absolute Gasteiger partial charge is 0.480 e. The molecule has 0 saturated carbocycles. The van der Waals surface area contributed by atoms with Gasteiger partial charge in [-0.2, -0.15) is 0 Å². The Morgan fingerprint density at radius 1 is 0.500 bits per heavy atom. The van der Waals surface area contributed by atoms with Gasteiger partial charge in [0.2, 0.25) is 53.2 Å². The smallest absolute Gasteiger partial charge is 0.325 e. The van der Waals surface area contributed by atoms with Crippen LogP contribution < -0.4 is 53.6 Å². The number of aliphatic hydroxyl groups is 1. The average molecular weight is 1070 g/mol. The normalized spacial score (nSPS) is 16.0. The van der Waals surface area contributed by atoms with Crippen molar-refractivity contribution in [2.75, 3.05) is 6.54 Å². The monoisotopic (exact) mass is 1070 g/mol. The van der Waals surface area contributed by atoms with Crippen LogP contribution in [0.4, 0.5) is 0 Å². The zero-order chi connectivity index (χ0) is 57.9. The minimum Gasteiger partial charge on any atom is -0.480 e. The molecule has 9 amide bonds. The molecule has 0 bridgehead atoms. The molecule has 0 radical (unpaired) electrons. The number of fused-ring (bicyclic) bond motifs is 1. The Morgan fingerprint density at radius 2 is 0.921 bits per heavy atom. The third kappa shape index (κ3) is 21.2. The van der Waals surface area contributed by atoms with Crippen molar-refractivity contribution in [3.05, 3.63) is 36.0 Å². The van der Waals surface area contributed by atoms with Gasteiger partial charge in [0.05, 0.1) is 18.1 Å². The van der Waals surface area contributed by atoms with Gasteiger partial charge >= 0.3 is 5.97 Å². The van der Waals surface area contributed by atoms with E-state index in [1.165, 1.54) is 27.7 Å². The first-order valence-corrected chi connectivity index (χ1v) is 26.3. The highest BCUT2D eigenvalue weighted by Gasteiger charge is 2.36. The number of carboxylic acids is 1. The van der Waals surface area contributed by atoms with Crippen molar-refractivity contribution in [1.82, 2.24) is 52.8 Å². The topological polar surface area (TPSA) is 361 Å². The van der Waals surface area contributed by atoms with Crippen LogP contribution in [-0.4, -0.2) is 141 Å². The van der Waals surface area contributed by atoms with Gasteiger partial charge in [0.15, 0.2) is 0 Å². The fraction of sp³-hybridized carbons (Fsp3) is 0.660. The molecule has 23 heteroatoms. The number of hydrogen-bond acceptors (Lipinski definition) is 12. The van der Waals surface area contributed by atoms with Crippen molar-refractivity contribution in [2.45, 2.75) is 183 Å². The number of nitrogens with two attached hydrogens (primary N) is 1. The second-order valence-electron chi connectivity index (χ2n) is 21.9. The SMILES string of the molecule is CC(C)CC(NC(=O)C(C)CNC(=O)C(NC(=O)C(NC(=O)C(CC(C)C)NC(=O)C(N)Cc1c[nH]c2ccccc12)C(C)C)C(C)O)C(=O)NC(CC(C)C)C(=O)NC(C)C(=O)NC(C(=O)NC(C)C(=O)O)C(C)C. The first kappa shape index (κ1) is 65.5. The second kappa shape index (κ2) is 30.8. The van der Waals surface area contributed by atoms with Gasteiger partial charge in [-0.3, -0.25) is 47.9 Å². The highest BCUT2D eigenvalue weighted by Crippen LogP contribution is 2.19. The molecule has 1 heterocycles. The number of amides is 9. The molecule has 0 aliphatic rings. The van der Waals surface area contributed by atoms with E-state index < -0.39 is 137 Å². The number of aliphatic hydroxyl groups excluding tert-OH is 1.